The quantitative estimate of drug-likeness (QED) is 0.768. The van der Waals surface area contributed by atoms with E-state index in [4.69, 9.17) is 5.73 Å². The molecule has 0 bridgehead atoms. The third kappa shape index (κ3) is 3.41. The van der Waals surface area contributed by atoms with Crippen LogP contribution in [-0.2, 0) is 13.0 Å². The molecule has 0 saturated heterocycles. The summed E-state index contributed by atoms with van der Waals surface area (Å²) < 4.78 is 14.9. The zero-order valence-electron chi connectivity index (χ0n) is 8.70. The fourth-order valence-electron chi connectivity index (χ4n) is 1.17. The zero-order valence-corrected chi connectivity index (χ0v) is 8.70. The van der Waals surface area contributed by atoms with Gasteiger partial charge < -0.3 is 5.73 Å². The number of hydrogen-bond acceptors (Lipinski definition) is 3. The van der Waals surface area contributed by atoms with Gasteiger partial charge in [-0.1, -0.05) is 0 Å². The lowest BCUT2D eigenvalue weighted by Crippen LogP contribution is -2.18. The SMILES string of the molecule is CC(C)(F)CCn1ncnc1CCN. The molecule has 0 unspecified atom stereocenters. The van der Waals surface area contributed by atoms with Gasteiger partial charge in [-0.15, -0.1) is 0 Å². The molecule has 0 aliphatic carbocycles. The normalized spacial score (nSPS) is 12.0. The first kappa shape index (κ1) is 11.1. The number of nitrogens with two attached hydrogens (primary N) is 1. The highest BCUT2D eigenvalue weighted by Crippen LogP contribution is 2.14. The fourth-order valence-corrected chi connectivity index (χ4v) is 1.17. The summed E-state index contributed by atoms with van der Waals surface area (Å²) in [6.45, 7) is 4.22. The van der Waals surface area contributed by atoms with Gasteiger partial charge >= 0.3 is 0 Å². The number of aromatic nitrogens is 3. The van der Waals surface area contributed by atoms with Gasteiger partial charge in [-0.25, -0.2) is 14.1 Å². The molecule has 5 heteroatoms. The Hall–Kier alpha value is -0.970. The molecule has 0 spiro atoms. The van der Waals surface area contributed by atoms with E-state index in [9.17, 15) is 4.39 Å². The summed E-state index contributed by atoms with van der Waals surface area (Å²) >= 11 is 0. The predicted molar refractivity (Wildman–Crippen MR) is 52.6 cm³/mol. The molecule has 1 rings (SSSR count). The van der Waals surface area contributed by atoms with Crippen LogP contribution in [-0.4, -0.2) is 27.0 Å². The topological polar surface area (TPSA) is 56.7 Å². The van der Waals surface area contributed by atoms with E-state index in [1.807, 2.05) is 0 Å². The second-order valence-corrected chi connectivity index (χ2v) is 3.91. The van der Waals surface area contributed by atoms with Crippen molar-refractivity contribution >= 4 is 0 Å². The van der Waals surface area contributed by atoms with Crippen LogP contribution in [0.15, 0.2) is 6.33 Å². The van der Waals surface area contributed by atoms with Crippen molar-refractivity contribution < 1.29 is 4.39 Å². The molecule has 1 heterocycles. The van der Waals surface area contributed by atoms with E-state index in [2.05, 4.69) is 10.1 Å². The van der Waals surface area contributed by atoms with E-state index in [-0.39, 0.29) is 0 Å². The lowest BCUT2D eigenvalue weighted by molar-refractivity contribution is 0.189. The second kappa shape index (κ2) is 4.50. The van der Waals surface area contributed by atoms with Gasteiger partial charge in [-0.2, -0.15) is 5.10 Å². The van der Waals surface area contributed by atoms with Crippen LogP contribution in [0.2, 0.25) is 0 Å². The van der Waals surface area contributed by atoms with Crippen molar-refractivity contribution in [3.63, 3.8) is 0 Å². The smallest absolute Gasteiger partial charge is 0.138 e. The van der Waals surface area contributed by atoms with Gasteiger partial charge in [0, 0.05) is 19.4 Å². The highest BCUT2D eigenvalue weighted by molar-refractivity contribution is 4.85. The van der Waals surface area contributed by atoms with Crippen LogP contribution in [0.1, 0.15) is 26.1 Å². The Morgan fingerprint density at radius 2 is 2.29 bits per heavy atom. The lowest BCUT2D eigenvalue weighted by Gasteiger charge is -2.14. The maximum atomic E-state index is 13.2. The number of alkyl halides is 1. The Morgan fingerprint density at radius 3 is 2.86 bits per heavy atom. The number of nitrogens with zero attached hydrogens (tertiary/aromatic N) is 3. The number of hydrogen-bond donors (Lipinski definition) is 1. The third-order valence-corrected chi connectivity index (χ3v) is 1.98. The van der Waals surface area contributed by atoms with Crippen molar-refractivity contribution in [2.45, 2.75) is 38.9 Å². The minimum absolute atomic E-state index is 0.438. The van der Waals surface area contributed by atoms with Crippen LogP contribution in [0, 0.1) is 0 Å². The van der Waals surface area contributed by atoms with E-state index in [0.29, 0.717) is 25.9 Å². The second-order valence-electron chi connectivity index (χ2n) is 3.91. The molecule has 1 aromatic heterocycles. The summed E-state index contributed by atoms with van der Waals surface area (Å²) in [5.74, 6) is 0.830. The molecule has 0 radical (unpaired) electrons. The van der Waals surface area contributed by atoms with E-state index in [1.165, 1.54) is 6.33 Å². The van der Waals surface area contributed by atoms with Crippen molar-refractivity contribution in [2.75, 3.05) is 6.54 Å². The Bertz CT molecular complexity index is 277. The zero-order chi connectivity index (χ0) is 10.6. The van der Waals surface area contributed by atoms with E-state index in [0.717, 1.165) is 5.82 Å². The summed E-state index contributed by atoms with van der Waals surface area (Å²) in [6.07, 6.45) is 2.61. The Morgan fingerprint density at radius 1 is 1.57 bits per heavy atom. The molecule has 4 nitrogen and oxygen atoms in total. The van der Waals surface area contributed by atoms with Crippen LogP contribution in [0.25, 0.3) is 0 Å². The average Bonchev–Trinajstić information content (AvgIpc) is 2.48. The fraction of sp³-hybridized carbons (Fsp3) is 0.778. The predicted octanol–water partition coefficient (Wildman–Crippen LogP) is 0.917. The van der Waals surface area contributed by atoms with Crippen molar-refractivity contribution in [3.8, 4) is 0 Å². The maximum Gasteiger partial charge on any atom is 0.138 e. The molecule has 2 N–H and O–H groups in total. The van der Waals surface area contributed by atoms with Gasteiger partial charge in [0.1, 0.15) is 17.8 Å². The van der Waals surface area contributed by atoms with Crippen molar-refractivity contribution in [2.24, 2.45) is 5.73 Å². The summed E-state index contributed by atoms with van der Waals surface area (Å²) in [5.41, 5.74) is 4.25. The van der Waals surface area contributed by atoms with E-state index < -0.39 is 5.67 Å². The molecule has 0 aromatic carbocycles. The number of aryl methyl sites for hydroxylation is 1. The average molecular weight is 200 g/mol. The molecule has 1 aromatic rings. The Kier molecular flexibility index (Phi) is 3.57. The molecule has 0 atom stereocenters. The summed E-state index contributed by atoms with van der Waals surface area (Å²) in [7, 11) is 0. The largest absolute Gasteiger partial charge is 0.330 e. The van der Waals surface area contributed by atoms with Crippen molar-refractivity contribution in [3.05, 3.63) is 12.2 Å². The van der Waals surface area contributed by atoms with Crippen LogP contribution in [0.5, 0.6) is 0 Å². The van der Waals surface area contributed by atoms with Gasteiger partial charge in [0.2, 0.25) is 0 Å². The molecular formula is C9H17FN4. The summed E-state index contributed by atoms with van der Waals surface area (Å²) in [5, 5.41) is 4.02. The first-order valence-electron chi connectivity index (χ1n) is 4.78. The highest BCUT2D eigenvalue weighted by Gasteiger charge is 2.16. The molecule has 80 valence electrons. The molecule has 0 aliphatic heterocycles. The van der Waals surface area contributed by atoms with Crippen molar-refractivity contribution in [1.82, 2.24) is 14.8 Å². The Balaban J connectivity index is 2.53. The van der Waals surface area contributed by atoms with Gasteiger partial charge in [-0.05, 0) is 20.4 Å². The monoisotopic (exact) mass is 200 g/mol. The molecular weight excluding hydrogens is 183 g/mol. The molecule has 0 aliphatic rings. The van der Waals surface area contributed by atoms with Gasteiger partial charge in [-0.3, -0.25) is 0 Å². The van der Waals surface area contributed by atoms with Crippen LogP contribution in [0.3, 0.4) is 0 Å². The highest BCUT2D eigenvalue weighted by atomic mass is 19.1. The van der Waals surface area contributed by atoms with Gasteiger partial charge in [0.15, 0.2) is 0 Å². The maximum absolute atomic E-state index is 13.2. The van der Waals surface area contributed by atoms with Crippen LogP contribution in [0.4, 0.5) is 4.39 Å². The minimum atomic E-state index is -1.16. The summed E-state index contributed by atoms with van der Waals surface area (Å²) in [6, 6.07) is 0. The first-order valence-corrected chi connectivity index (χ1v) is 4.78. The molecule has 0 amide bonds. The minimum Gasteiger partial charge on any atom is -0.330 e. The standard InChI is InChI=1S/C9H17FN4/c1-9(2,10)4-6-14-8(3-5-11)12-7-13-14/h7H,3-6,11H2,1-2H3. The van der Waals surface area contributed by atoms with Crippen LogP contribution >= 0.6 is 0 Å². The number of rotatable bonds is 5. The Labute approximate surface area is 83.3 Å². The lowest BCUT2D eigenvalue weighted by atomic mass is 10.1. The molecule has 0 fully saturated rings. The third-order valence-electron chi connectivity index (χ3n) is 1.98. The van der Waals surface area contributed by atoms with Gasteiger partial charge in [0.05, 0.1) is 0 Å². The summed E-state index contributed by atoms with van der Waals surface area (Å²) in [4.78, 5) is 4.06. The molecule has 14 heavy (non-hydrogen) atoms. The van der Waals surface area contributed by atoms with Crippen molar-refractivity contribution in [1.29, 1.82) is 0 Å². The van der Waals surface area contributed by atoms with E-state index in [1.54, 1.807) is 18.5 Å². The van der Waals surface area contributed by atoms with Crippen LogP contribution < -0.4 is 5.73 Å². The first-order chi connectivity index (χ1) is 6.53. The molecule has 0 saturated carbocycles. The van der Waals surface area contributed by atoms with Gasteiger partial charge in [0.25, 0.3) is 0 Å². The number of halogens is 1. The van der Waals surface area contributed by atoms with E-state index >= 15 is 0 Å².